The Bertz CT molecular complexity index is 733. The molecule has 0 unspecified atom stereocenters. The predicted octanol–water partition coefficient (Wildman–Crippen LogP) is 3.89. The van der Waals surface area contributed by atoms with Crippen molar-refractivity contribution in [1.82, 2.24) is 0 Å². The van der Waals surface area contributed by atoms with Gasteiger partial charge >= 0.3 is 5.97 Å². The molecule has 0 saturated carbocycles. The van der Waals surface area contributed by atoms with Gasteiger partial charge in [0.15, 0.2) is 0 Å². The van der Waals surface area contributed by atoms with Crippen LogP contribution in [0.25, 0.3) is 0 Å². The van der Waals surface area contributed by atoms with E-state index in [1.165, 1.54) is 12.1 Å². The summed E-state index contributed by atoms with van der Waals surface area (Å²) in [6, 6.07) is 8.32. The lowest BCUT2D eigenvalue weighted by Gasteiger charge is -2.05. The molecule has 0 spiro atoms. The Balaban J connectivity index is 2.41. The minimum absolute atomic E-state index is 0.0683. The van der Waals surface area contributed by atoms with E-state index >= 15 is 0 Å². The highest BCUT2D eigenvalue weighted by molar-refractivity contribution is 7.99. The Labute approximate surface area is 123 Å². The zero-order chi connectivity index (χ0) is 15.6. The largest absolute Gasteiger partial charge is 0.478 e. The third-order valence-electron chi connectivity index (χ3n) is 2.71. The molecule has 2 rings (SSSR count). The number of rotatable bonds is 4. The van der Waals surface area contributed by atoms with Gasteiger partial charge in [0.1, 0.15) is 5.82 Å². The Kier molecular flexibility index (Phi) is 4.23. The molecule has 0 aromatic heterocycles. The van der Waals surface area contributed by atoms with Gasteiger partial charge in [0.25, 0.3) is 5.69 Å². The summed E-state index contributed by atoms with van der Waals surface area (Å²) >= 11 is 1.02. The van der Waals surface area contributed by atoms with Gasteiger partial charge in [-0.25, -0.2) is 9.18 Å². The van der Waals surface area contributed by atoms with Crippen LogP contribution in [0.5, 0.6) is 0 Å². The van der Waals surface area contributed by atoms with Crippen molar-refractivity contribution in [3.63, 3.8) is 0 Å². The average Bonchev–Trinajstić information content (AvgIpc) is 2.42. The van der Waals surface area contributed by atoms with E-state index in [1.54, 1.807) is 19.1 Å². The number of hydrogen-bond acceptors (Lipinski definition) is 4. The monoisotopic (exact) mass is 307 g/mol. The number of nitrogens with zero attached hydrogens (tertiary/aromatic N) is 1. The molecule has 2 aromatic carbocycles. The fourth-order valence-electron chi connectivity index (χ4n) is 1.72. The van der Waals surface area contributed by atoms with Crippen LogP contribution in [0.15, 0.2) is 46.2 Å². The summed E-state index contributed by atoms with van der Waals surface area (Å²) in [7, 11) is 0. The molecule has 0 aliphatic rings. The van der Waals surface area contributed by atoms with Crippen molar-refractivity contribution in [2.45, 2.75) is 16.7 Å². The van der Waals surface area contributed by atoms with Gasteiger partial charge in [0.05, 0.1) is 15.4 Å². The highest BCUT2D eigenvalue weighted by Crippen LogP contribution is 2.35. The second kappa shape index (κ2) is 5.92. The van der Waals surface area contributed by atoms with Crippen molar-refractivity contribution in [2.24, 2.45) is 0 Å². The van der Waals surface area contributed by atoms with E-state index in [2.05, 4.69) is 0 Å². The van der Waals surface area contributed by atoms with Crippen LogP contribution < -0.4 is 0 Å². The fourth-order valence-corrected chi connectivity index (χ4v) is 2.66. The van der Waals surface area contributed by atoms with Crippen molar-refractivity contribution in [3.05, 3.63) is 63.5 Å². The number of benzene rings is 2. The quantitative estimate of drug-likeness (QED) is 0.684. The first-order chi connectivity index (χ1) is 9.88. The van der Waals surface area contributed by atoms with E-state index in [-0.39, 0.29) is 5.69 Å². The van der Waals surface area contributed by atoms with Crippen molar-refractivity contribution in [3.8, 4) is 0 Å². The minimum atomic E-state index is -1.38. The lowest BCUT2D eigenvalue weighted by Crippen LogP contribution is -2.00. The van der Waals surface area contributed by atoms with E-state index in [4.69, 9.17) is 5.11 Å². The Morgan fingerprint density at radius 2 is 2.00 bits per heavy atom. The standard InChI is InChI=1S/C14H10FNO4S/c1-8-2-5-13(12(6-8)16(19)20)21-9-3-4-11(15)10(7-9)14(17)18/h2-7H,1H3,(H,17,18). The van der Waals surface area contributed by atoms with Crippen LogP contribution >= 0.6 is 11.8 Å². The molecule has 5 nitrogen and oxygen atoms in total. The zero-order valence-corrected chi connectivity index (χ0v) is 11.7. The Morgan fingerprint density at radius 3 is 2.62 bits per heavy atom. The Morgan fingerprint density at radius 1 is 1.29 bits per heavy atom. The van der Waals surface area contributed by atoms with E-state index in [9.17, 15) is 19.3 Å². The van der Waals surface area contributed by atoms with E-state index in [0.29, 0.717) is 9.79 Å². The van der Waals surface area contributed by atoms with Crippen LogP contribution in [0.4, 0.5) is 10.1 Å². The number of halogens is 1. The van der Waals surface area contributed by atoms with Gasteiger partial charge in [0.2, 0.25) is 0 Å². The van der Waals surface area contributed by atoms with Crippen molar-refractivity contribution >= 4 is 23.4 Å². The maximum Gasteiger partial charge on any atom is 0.338 e. The van der Waals surface area contributed by atoms with Gasteiger partial charge in [-0.15, -0.1) is 0 Å². The molecule has 0 fully saturated rings. The van der Waals surface area contributed by atoms with Crippen molar-refractivity contribution in [2.75, 3.05) is 0 Å². The lowest BCUT2D eigenvalue weighted by atomic mass is 10.2. The van der Waals surface area contributed by atoms with Crippen LogP contribution in [-0.4, -0.2) is 16.0 Å². The molecule has 0 aliphatic heterocycles. The van der Waals surface area contributed by atoms with E-state index in [0.717, 1.165) is 29.5 Å². The van der Waals surface area contributed by atoms with Crippen LogP contribution in [0.3, 0.4) is 0 Å². The summed E-state index contributed by atoms with van der Waals surface area (Å²) in [6.07, 6.45) is 0. The highest BCUT2D eigenvalue weighted by Gasteiger charge is 2.17. The SMILES string of the molecule is Cc1ccc(Sc2ccc(F)c(C(=O)O)c2)c([N+](=O)[O-])c1. The number of nitro groups is 1. The number of nitro benzene ring substituents is 1. The molecular formula is C14H10FNO4S. The van der Waals surface area contributed by atoms with Gasteiger partial charge in [-0.3, -0.25) is 10.1 Å². The molecule has 0 radical (unpaired) electrons. The smallest absolute Gasteiger partial charge is 0.338 e. The summed E-state index contributed by atoms with van der Waals surface area (Å²) < 4.78 is 13.3. The molecule has 1 N–H and O–H groups in total. The van der Waals surface area contributed by atoms with Crippen molar-refractivity contribution < 1.29 is 19.2 Å². The molecule has 21 heavy (non-hydrogen) atoms. The maximum atomic E-state index is 13.3. The molecule has 108 valence electrons. The number of aromatic carboxylic acids is 1. The minimum Gasteiger partial charge on any atom is -0.478 e. The first kappa shape index (κ1) is 15.0. The number of carbonyl (C=O) groups is 1. The molecule has 0 atom stereocenters. The molecule has 2 aromatic rings. The lowest BCUT2D eigenvalue weighted by molar-refractivity contribution is -0.387. The number of aryl methyl sites for hydroxylation is 1. The average molecular weight is 307 g/mol. The summed E-state index contributed by atoms with van der Waals surface area (Å²) in [5.41, 5.74) is 0.215. The number of carboxylic acid groups (broad SMARTS) is 1. The molecule has 0 heterocycles. The molecule has 0 aliphatic carbocycles. The zero-order valence-electron chi connectivity index (χ0n) is 10.9. The third kappa shape index (κ3) is 3.38. The van der Waals surface area contributed by atoms with Gasteiger partial charge in [-0.2, -0.15) is 0 Å². The maximum absolute atomic E-state index is 13.3. The van der Waals surface area contributed by atoms with Gasteiger partial charge in [-0.05, 0) is 36.8 Å². The Hall–Kier alpha value is -2.41. The second-order valence-electron chi connectivity index (χ2n) is 4.28. The third-order valence-corrected chi connectivity index (χ3v) is 3.76. The number of hydrogen-bond donors (Lipinski definition) is 1. The topological polar surface area (TPSA) is 80.4 Å². The summed E-state index contributed by atoms with van der Waals surface area (Å²) in [4.78, 5) is 22.2. The molecule has 0 saturated heterocycles. The van der Waals surface area contributed by atoms with Crippen LogP contribution in [0, 0.1) is 22.9 Å². The first-order valence-corrected chi connectivity index (χ1v) is 6.66. The van der Waals surface area contributed by atoms with Gasteiger partial charge in [0, 0.05) is 11.0 Å². The second-order valence-corrected chi connectivity index (χ2v) is 5.39. The van der Waals surface area contributed by atoms with Gasteiger partial charge < -0.3 is 5.11 Å². The molecule has 0 bridgehead atoms. The summed E-state index contributed by atoms with van der Waals surface area (Å²) in [5, 5.41) is 19.9. The van der Waals surface area contributed by atoms with Crippen LogP contribution in [0.1, 0.15) is 15.9 Å². The van der Waals surface area contributed by atoms with Crippen LogP contribution in [-0.2, 0) is 0 Å². The van der Waals surface area contributed by atoms with Gasteiger partial charge in [-0.1, -0.05) is 17.8 Å². The van der Waals surface area contributed by atoms with E-state index in [1.807, 2.05) is 0 Å². The fraction of sp³-hybridized carbons (Fsp3) is 0.0714. The summed E-state index contributed by atoms with van der Waals surface area (Å²) in [6.45, 7) is 1.74. The first-order valence-electron chi connectivity index (χ1n) is 5.84. The highest BCUT2D eigenvalue weighted by atomic mass is 32.2. The van der Waals surface area contributed by atoms with Crippen LogP contribution in [0.2, 0.25) is 0 Å². The molecular weight excluding hydrogens is 297 g/mol. The normalized spacial score (nSPS) is 10.4. The molecule has 7 heteroatoms. The molecule has 0 amide bonds. The van der Waals surface area contributed by atoms with E-state index < -0.39 is 22.3 Å². The number of carboxylic acids is 1. The predicted molar refractivity (Wildman–Crippen MR) is 75.3 cm³/mol. The summed E-state index contributed by atoms with van der Waals surface area (Å²) in [5.74, 6) is -2.22. The van der Waals surface area contributed by atoms with Crippen molar-refractivity contribution in [1.29, 1.82) is 0 Å².